The molecule has 0 amide bonds. The van der Waals surface area contributed by atoms with Gasteiger partial charge in [0, 0.05) is 16.2 Å². The first-order valence-corrected chi connectivity index (χ1v) is 6.04. The molecule has 0 bridgehead atoms. The summed E-state index contributed by atoms with van der Waals surface area (Å²) in [5.41, 5.74) is 7.05. The van der Waals surface area contributed by atoms with E-state index in [2.05, 4.69) is 19.1 Å². The van der Waals surface area contributed by atoms with Crippen LogP contribution < -0.4 is 10.5 Å². The quantitative estimate of drug-likeness (QED) is 0.852. The molecule has 0 atom stereocenters. The molecular weight excluding hydrogens is 206 g/mol. The first-order valence-electron chi connectivity index (χ1n) is 5.23. The maximum atomic E-state index is 5.78. The van der Waals surface area contributed by atoms with Gasteiger partial charge in [-0.3, -0.25) is 0 Å². The van der Waals surface area contributed by atoms with Gasteiger partial charge in [0.25, 0.3) is 0 Å². The number of ether oxygens (including phenoxy) is 1. The zero-order valence-corrected chi connectivity index (χ0v) is 10.1. The molecule has 1 aromatic rings. The summed E-state index contributed by atoms with van der Waals surface area (Å²) in [4.78, 5) is 1.33. The molecule has 82 valence electrons. The summed E-state index contributed by atoms with van der Waals surface area (Å²) < 4.78 is 5.52. The second-order valence-corrected chi connectivity index (χ2v) is 5.63. The SMILES string of the molecule is COc1ccc(SC2(CN)CC2)c(C)c1. The van der Waals surface area contributed by atoms with E-state index < -0.39 is 0 Å². The Bertz CT molecular complexity index is 361. The fourth-order valence-electron chi connectivity index (χ4n) is 1.58. The normalized spacial score (nSPS) is 17.5. The van der Waals surface area contributed by atoms with Crippen molar-refractivity contribution in [3.8, 4) is 5.75 Å². The Morgan fingerprint density at radius 2 is 2.20 bits per heavy atom. The number of nitrogens with two attached hydrogens (primary N) is 1. The van der Waals surface area contributed by atoms with Crippen LogP contribution >= 0.6 is 11.8 Å². The molecule has 2 N–H and O–H groups in total. The fraction of sp³-hybridized carbons (Fsp3) is 0.500. The lowest BCUT2D eigenvalue weighted by atomic mass is 10.2. The molecule has 0 heterocycles. The van der Waals surface area contributed by atoms with E-state index in [1.54, 1.807) is 7.11 Å². The van der Waals surface area contributed by atoms with Crippen LogP contribution in [0, 0.1) is 6.92 Å². The molecular formula is C12H17NOS. The average molecular weight is 223 g/mol. The van der Waals surface area contributed by atoms with Gasteiger partial charge in [0.2, 0.25) is 0 Å². The molecule has 0 spiro atoms. The number of hydrogen-bond acceptors (Lipinski definition) is 3. The van der Waals surface area contributed by atoms with E-state index >= 15 is 0 Å². The Balaban J connectivity index is 2.15. The number of rotatable bonds is 4. The zero-order chi connectivity index (χ0) is 10.9. The summed E-state index contributed by atoms with van der Waals surface area (Å²) in [6, 6.07) is 6.23. The van der Waals surface area contributed by atoms with Gasteiger partial charge < -0.3 is 10.5 Å². The third kappa shape index (κ3) is 2.29. The van der Waals surface area contributed by atoms with Gasteiger partial charge in [-0.25, -0.2) is 0 Å². The molecule has 0 radical (unpaired) electrons. The molecule has 0 unspecified atom stereocenters. The van der Waals surface area contributed by atoms with Crippen LogP contribution in [0.2, 0.25) is 0 Å². The molecule has 15 heavy (non-hydrogen) atoms. The lowest BCUT2D eigenvalue weighted by Gasteiger charge is -2.14. The maximum Gasteiger partial charge on any atom is 0.119 e. The van der Waals surface area contributed by atoms with E-state index in [9.17, 15) is 0 Å². The van der Waals surface area contributed by atoms with Crippen LogP contribution in [0.25, 0.3) is 0 Å². The van der Waals surface area contributed by atoms with Crippen LogP contribution in [0.1, 0.15) is 18.4 Å². The lowest BCUT2D eigenvalue weighted by Crippen LogP contribution is -2.17. The van der Waals surface area contributed by atoms with Crippen molar-refractivity contribution >= 4 is 11.8 Å². The van der Waals surface area contributed by atoms with Crippen molar-refractivity contribution in [2.24, 2.45) is 5.73 Å². The minimum atomic E-state index is 0.333. The zero-order valence-electron chi connectivity index (χ0n) is 9.25. The van der Waals surface area contributed by atoms with E-state index in [-0.39, 0.29) is 0 Å². The van der Waals surface area contributed by atoms with Crippen molar-refractivity contribution in [3.05, 3.63) is 23.8 Å². The summed E-state index contributed by atoms with van der Waals surface area (Å²) in [6.45, 7) is 2.90. The maximum absolute atomic E-state index is 5.78. The van der Waals surface area contributed by atoms with Crippen molar-refractivity contribution in [2.75, 3.05) is 13.7 Å². The van der Waals surface area contributed by atoms with Gasteiger partial charge in [0.05, 0.1) is 7.11 Å². The van der Waals surface area contributed by atoms with Gasteiger partial charge in [-0.1, -0.05) is 0 Å². The first-order chi connectivity index (χ1) is 7.19. The fourth-order valence-corrected chi connectivity index (χ4v) is 2.80. The van der Waals surface area contributed by atoms with Gasteiger partial charge in [-0.15, -0.1) is 11.8 Å². The molecule has 0 aliphatic heterocycles. The first kappa shape index (κ1) is 10.8. The Labute approximate surface area is 95.2 Å². The monoisotopic (exact) mass is 223 g/mol. The van der Waals surface area contributed by atoms with Gasteiger partial charge in [0.15, 0.2) is 0 Å². The molecule has 1 aromatic carbocycles. The molecule has 1 fully saturated rings. The van der Waals surface area contributed by atoms with E-state index in [4.69, 9.17) is 10.5 Å². The average Bonchev–Trinajstić information content (AvgIpc) is 3.02. The predicted octanol–water partition coefficient (Wildman–Crippen LogP) is 2.59. The van der Waals surface area contributed by atoms with Crippen LogP contribution in [0.15, 0.2) is 23.1 Å². The third-order valence-corrected chi connectivity index (χ3v) is 4.57. The summed E-state index contributed by atoms with van der Waals surface area (Å²) in [7, 11) is 1.70. The third-order valence-electron chi connectivity index (χ3n) is 2.89. The van der Waals surface area contributed by atoms with Crippen molar-refractivity contribution in [1.29, 1.82) is 0 Å². The number of methoxy groups -OCH3 is 1. The molecule has 2 rings (SSSR count). The highest BCUT2D eigenvalue weighted by Gasteiger charge is 2.42. The highest BCUT2D eigenvalue weighted by atomic mass is 32.2. The highest BCUT2D eigenvalue weighted by molar-refractivity contribution is 8.01. The minimum Gasteiger partial charge on any atom is -0.497 e. The molecule has 3 heteroatoms. The van der Waals surface area contributed by atoms with E-state index in [0.29, 0.717) is 4.75 Å². The highest BCUT2D eigenvalue weighted by Crippen LogP contribution is 2.51. The van der Waals surface area contributed by atoms with Gasteiger partial charge >= 0.3 is 0 Å². The predicted molar refractivity (Wildman–Crippen MR) is 64.6 cm³/mol. The second-order valence-electron chi connectivity index (χ2n) is 4.12. The number of hydrogen-bond donors (Lipinski definition) is 1. The van der Waals surface area contributed by atoms with Crippen LogP contribution in [-0.4, -0.2) is 18.4 Å². The summed E-state index contributed by atoms with van der Waals surface area (Å²) in [5, 5.41) is 0. The number of aryl methyl sites for hydroxylation is 1. The minimum absolute atomic E-state index is 0.333. The second kappa shape index (κ2) is 4.06. The summed E-state index contributed by atoms with van der Waals surface area (Å²) >= 11 is 1.92. The number of thioether (sulfide) groups is 1. The summed E-state index contributed by atoms with van der Waals surface area (Å²) in [5.74, 6) is 0.925. The van der Waals surface area contributed by atoms with Crippen LogP contribution in [-0.2, 0) is 0 Å². The number of benzene rings is 1. The molecule has 1 saturated carbocycles. The van der Waals surface area contributed by atoms with Crippen molar-refractivity contribution in [1.82, 2.24) is 0 Å². The standard InChI is InChI=1S/C12H17NOS/c1-9-7-10(14-2)3-4-11(9)15-12(8-13)5-6-12/h3-4,7H,5-6,8,13H2,1-2H3. The van der Waals surface area contributed by atoms with E-state index in [1.807, 2.05) is 17.8 Å². The smallest absolute Gasteiger partial charge is 0.119 e. The summed E-state index contributed by atoms with van der Waals surface area (Å²) in [6.07, 6.45) is 2.50. The molecule has 1 aliphatic carbocycles. The molecule has 2 nitrogen and oxygen atoms in total. The molecule has 0 aromatic heterocycles. The van der Waals surface area contributed by atoms with Crippen molar-refractivity contribution < 1.29 is 4.74 Å². The van der Waals surface area contributed by atoms with E-state index in [1.165, 1.54) is 23.3 Å². The van der Waals surface area contributed by atoms with Crippen molar-refractivity contribution in [2.45, 2.75) is 29.4 Å². The van der Waals surface area contributed by atoms with Crippen LogP contribution in [0.3, 0.4) is 0 Å². The molecule has 1 aliphatic rings. The van der Waals surface area contributed by atoms with Crippen LogP contribution in [0.5, 0.6) is 5.75 Å². The molecule has 0 saturated heterocycles. The Kier molecular flexibility index (Phi) is 2.94. The Hall–Kier alpha value is -0.670. The van der Waals surface area contributed by atoms with E-state index in [0.717, 1.165) is 12.3 Å². The van der Waals surface area contributed by atoms with Crippen LogP contribution in [0.4, 0.5) is 0 Å². The largest absolute Gasteiger partial charge is 0.497 e. The Morgan fingerprint density at radius 1 is 1.47 bits per heavy atom. The lowest BCUT2D eigenvalue weighted by molar-refractivity contribution is 0.414. The van der Waals surface area contributed by atoms with Gasteiger partial charge in [0.1, 0.15) is 5.75 Å². The Morgan fingerprint density at radius 3 is 2.67 bits per heavy atom. The van der Waals surface area contributed by atoms with Gasteiger partial charge in [-0.05, 0) is 43.5 Å². The topological polar surface area (TPSA) is 35.2 Å². The van der Waals surface area contributed by atoms with Crippen molar-refractivity contribution in [3.63, 3.8) is 0 Å². The van der Waals surface area contributed by atoms with Gasteiger partial charge in [-0.2, -0.15) is 0 Å².